The molecule has 1 amide bonds. The van der Waals surface area contributed by atoms with Crippen LogP contribution in [0.3, 0.4) is 0 Å². The van der Waals surface area contributed by atoms with Gasteiger partial charge in [0, 0.05) is 37.4 Å². The van der Waals surface area contributed by atoms with Crippen LogP contribution in [0.25, 0.3) is 11.4 Å². The molecule has 0 spiro atoms. The molecule has 0 radical (unpaired) electrons. The zero-order chi connectivity index (χ0) is 19.3. The molecular weight excluding hydrogens is 354 g/mol. The summed E-state index contributed by atoms with van der Waals surface area (Å²) in [5, 5.41) is 6.84. The van der Waals surface area contributed by atoms with Crippen LogP contribution in [0.1, 0.15) is 43.3 Å². The van der Waals surface area contributed by atoms with E-state index < -0.39 is 0 Å². The Bertz CT molecular complexity index is 774. The van der Waals surface area contributed by atoms with Crippen molar-refractivity contribution in [2.24, 2.45) is 5.92 Å². The van der Waals surface area contributed by atoms with Crippen LogP contribution < -0.4 is 10.2 Å². The molecule has 3 heterocycles. The number of anilines is 1. The molecule has 0 aliphatic carbocycles. The number of benzene rings is 1. The summed E-state index contributed by atoms with van der Waals surface area (Å²) in [4.78, 5) is 21.3. The van der Waals surface area contributed by atoms with Crippen molar-refractivity contribution in [2.45, 2.75) is 32.6 Å². The van der Waals surface area contributed by atoms with Gasteiger partial charge in [0.2, 0.25) is 5.82 Å². The number of nitrogens with zero attached hydrogens (tertiary/aromatic N) is 4. The third-order valence-electron chi connectivity index (χ3n) is 5.81. The number of aromatic nitrogens is 2. The molecule has 7 heteroatoms. The third-order valence-corrected chi connectivity index (χ3v) is 5.81. The van der Waals surface area contributed by atoms with Crippen molar-refractivity contribution >= 4 is 11.6 Å². The number of carbonyl (C=O) groups is 1. The molecule has 1 aromatic carbocycles. The van der Waals surface area contributed by atoms with Crippen molar-refractivity contribution in [3.05, 3.63) is 30.2 Å². The van der Waals surface area contributed by atoms with E-state index in [1.54, 1.807) is 0 Å². The Balaban J connectivity index is 1.32. The van der Waals surface area contributed by atoms with Crippen LogP contribution in [0, 0.1) is 5.92 Å². The summed E-state index contributed by atoms with van der Waals surface area (Å²) in [5.41, 5.74) is 2.08. The largest absolute Gasteiger partial charge is 0.372 e. The molecule has 2 aliphatic heterocycles. The average molecular weight is 383 g/mol. The highest BCUT2D eigenvalue weighted by Gasteiger charge is 2.18. The minimum atomic E-state index is -0.308. The second-order valence-corrected chi connectivity index (χ2v) is 7.94. The number of hydrogen-bond acceptors (Lipinski definition) is 6. The van der Waals surface area contributed by atoms with Crippen molar-refractivity contribution in [3.63, 3.8) is 0 Å². The van der Waals surface area contributed by atoms with Crippen LogP contribution in [-0.2, 0) is 0 Å². The number of hydrogen-bond donors (Lipinski definition) is 1. The highest BCUT2D eigenvalue weighted by molar-refractivity contribution is 5.89. The van der Waals surface area contributed by atoms with E-state index in [2.05, 4.69) is 44.3 Å². The number of likely N-dealkylation sites (tertiary alicyclic amines) is 1. The zero-order valence-corrected chi connectivity index (χ0v) is 16.6. The van der Waals surface area contributed by atoms with Crippen LogP contribution in [0.15, 0.2) is 28.8 Å². The van der Waals surface area contributed by atoms with Gasteiger partial charge in [-0.1, -0.05) is 12.1 Å². The standard InChI is InChI=1S/C21H29N5O2/c1-16-8-13-26(14-9-16)18-6-4-17(5-7-18)19-23-21(28-24-19)20(27)22-10-15-25-11-2-3-12-25/h4-7,16H,2-3,8-15H2,1H3,(H,22,27). The first-order valence-corrected chi connectivity index (χ1v) is 10.4. The monoisotopic (exact) mass is 383 g/mol. The molecule has 4 rings (SSSR count). The third kappa shape index (κ3) is 4.52. The quantitative estimate of drug-likeness (QED) is 0.827. The highest BCUT2D eigenvalue weighted by atomic mass is 16.5. The van der Waals surface area contributed by atoms with E-state index in [1.807, 2.05) is 12.1 Å². The second kappa shape index (κ2) is 8.73. The highest BCUT2D eigenvalue weighted by Crippen LogP contribution is 2.25. The lowest BCUT2D eigenvalue weighted by Gasteiger charge is -2.32. The molecule has 2 aliphatic rings. The van der Waals surface area contributed by atoms with Gasteiger partial charge >= 0.3 is 11.8 Å². The van der Waals surface area contributed by atoms with E-state index in [0.29, 0.717) is 12.4 Å². The zero-order valence-electron chi connectivity index (χ0n) is 16.6. The second-order valence-electron chi connectivity index (χ2n) is 7.94. The van der Waals surface area contributed by atoms with Crippen molar-refractivity contribution in [2.75, 3.05) is 44.2 Å². The molecule has 2 fully saturated rings. The Morgan fingerprint density at radius 3 is 2.57 bits per heavy atom. The average Bonchev–Trinajstić information content (AvgIpc) is 3.41. The molecule has 2 aromatic rings. The smallest absolute Gasteiger partial charge is 0.316 e. The van der Waals surface area contributed by atoms with Crippen molar-refractivity contribution in [3.8, 4) is 11.4 Å². The molecule has 0 atom stereocenters. The Labute approximate surface area is 166 Å². The van der Waals surface area contributed by atoms with Gasteiger partial charge in [0.05, 0.1) is 0 Å². The van der Waals surface area contributed by atoms with Crippen molar-refractivity contribution < 1.29 is 9.32 Å². The van der Waals surface area contributed by atoms with Gasteiger partial charge in [0.25, 0.3) is 0 Å². The summed E-state index contributed by atoms with van der Waals surface area (Å²) in [6.45, 7) is 8.22. The number of amides is 1. The van der Waals surface area contributed by atoms with Gasteiger partial charge in [0.15, 0.2) is 0 Å². The summed E-state index contributed by atoms with van der Waals surface area (Å²) in [6.07, 6.45) is 4.97. The topological polar surface area (TPSA) is 74.5 Å². The molecule has 28 heavy (non-hydrogen) atoms. The lowest BCUT2D eigenvalue weighted by molar-refractivity contribution is 0.0906. The first-order valence-electron chi connectivity index (χ1n) is 10.4. The number of rotatable bonds is 6. The van der Waals surface area contributed by atoms with Gasteiger partial charge in [0.1, 0.15) is 0 Å². The normalized spacial score (nSPS) is 18.5. The molecule has 2 saturated heterocycles. The maximum atomic E-state index is 12.2. The van der Waals surface area contributed by atoms with Gasteiger partial charge < -0.3 is 19.6 Å². The number of piperidine rings is 1. The Hall–Kier alpha value is -2.41. The fourth-order valence-electron chi connectivity index (χ4n) is 3.93. The minimum Gasteiger partial charge on any atom is -0.372 e. The first-order chi connectivity index (χ1) is 13.7. The predicted octanol–water partition coefficient (Wildman–Crippen LogP) is 2.80. The van der Waals surface area contributed by atoms with Crippen molar-refractivity contribution in [1.29, 1.82) is 0 Å². The summed E-state index contributed by atoms with van der Waals surface area (Å²) >= 11 is 0. The van der Waals surface area contributed by atoms with Gasteiger partial charge in [-0.15, -0.1) is 0 Å². The molecule has 1 N–H and O–H groups in total. The van der Waals surface area contributed by atoms with E-state index in [9.17, 15) is 4.79 Å². The lowest BCUT2D eigenvalue weighted by Crippen LogP contribution is -2.33. The van der Waals surface area contributed by atoms with Crippen molar-refractivity contribution in [1.82, 2.24) is 20.4 Å². The van der Waals surface area contributed by atoms with E-state index in [1.165, 1.54) is 31.4 Å². The number of carbonyl (C=O) groups excluding carboxylic acids is 1. The molecule has 1 aromatic heterocycles. The fraction of sp³-hybridized carbons (Fsp3) is 0.571. The minimum absolute atomic E-state index is 0.0190. The molecule has 150 valence electrons. The molecule has 7 nitrogen and oxygen atoms in total. The fourth-order valence-corrected chi connectivity index (χ4v) is 3.93. The van der Waals surface area contributed by atoms with Crippen LogP contribution in [-0.4, -0.2) is 60.2 Å². The van der Waals surface area contributed by atoms with Gasteiger partial charge in [-0.25, -0.2) is 0 Å². The maximum absolute atomic E-state index is 12.2. The van der Waals surface area contributed by atoms with Crippen LogP contribution in [0.5, 0.6) is 0 Å². The predicted molar refractivity (Wildman–Crippen MR) is 108 cm³/mol. The lowest BCUT2D eigenvalue weighted by atomic mass is 9.98. The van der Waals surface area contributed by atoms with E-state index >= 15 is 0 Å². The molecule has 0 bridgehead atoms. The number of nitrogens with one attached hydrogen (secondary N) is 1. The van der Waals surface area contributed by atoms with Crippen LogP contribution in [0.2, 0.25) is 0 Å². The summed E-state index contributed by atoms with van der Waals surface area (Å²) < 4.78 is 5.16. The Morgan fingerprint density at radius 2 is 1.86 bits per heavy atom. The Kier molecular flexibility index (Phi) is 5.90. The summed E-state index contributed by atoms with van der Waals surface area (Å²) in [7, 11) is 0. The summed E-state index contributed by atoms with van der Waals surface area (Å²) in [5.74, 6) is 0.973. The summed E-state index contributed by atoms with van der Waals surface area (Å²) in [6, 6.07) is 8.18. The Morgan fingerprint density at radius 1 is 1.14 bits per heavy atom. The molecule has 0 unspecified atom stereocenters. The van der Waals surface area contributed by atoms with E-state index in [4.69, 9.17) is 4.52 Å². The van der Waals surface area contributed by atoms with Gasteiger partial charge in [-0.3, -0.25) is 4.79 Å². The van der Waals surface area contributed by atoms with Crippen LogP contribution in [0.4, 0.5) is 5.69 Å². The molecular formula is C21H29N5O2. The van der Waals surface area contributed by atoms with E-state index in [0.717, 1.165) is 44.2 Å². The first kappa shape index (κ1) is 18.9. The van der Waals surface area contributed by atoms with Gasteiger partial charge in [-0.05, 0) is 69.0 Å². The molecule has 0 saturated carbocycles. The SMILES string of the molecule is CC1CCN(c2ccc(-c3noc(C(=O)NCCN4CCCC4)n3)cc2)CC1. The van der Waals surface area contributed by atoms with Gasteiger partial charge in [-0.2, -0.15) is 4.98 Å². The van der Waals surface area contributed by atoms with E-state index in [-0.39, 0.29) is 11.8 Å². The maximum Gasteiger partial charge on any atom is 0.316 e. The van der Waals surface area contributed by atoms with Crippen LogP contribution >= 0.6 is 0 Å².